The van der Waals surface area contributed by atoms with E-state index < -0.39 is 33.4 Å². The lowest BCUT2D eigenvalue weighted by Gasteiger charge is -2.22. The van der Waals surface area contributed by atoms with E-state index in [4.69, 9.17) is 9.84 Å². The highest BCUT2D eigenvalue weighted by Crippen LogP contribution is 2.26. The minimum Gasteiger partial charge on any atom is -0.481 e. The normalized spacial score (nSPS) is 23.4. The number of benzene rings is 1. The third kappa shape index (κ3) is 4.28. The number of carboxylic acids is 1. The van der Waals surface area contributed by atoms with Crippen LogP contribution < -0.4 is 4.72 Å². The Morgan fingerprint density at radius 1 is 1.55 bits per heavy atom. The van der Waals surface area contributed by atoms with Crippen molar-refractivity contribution in [2.45, 2.75) is 37.2 Å². The zero-order chi connectivity index (χ0) is 16.3. The van der Waals surface area contributed by atoms with Gasteiger partial charge >= 0.3 is 5.97 Å². The van der Waals surface area contributed by atoms with Gasteiger partial charge in [0, 0.05) is 11.1 Å². The van der Waals surface area contributed by atoms with E-state index in [9.17, 15) is 13.2 Å². The van der Waals surface area contributed by atoms with Crippen LogP contribution in [0.15, 0.2) is 28.7 Å². The fourth-order valence-corrected chi connectivity index (χ4v) is 4.73. The van der Waals surface area contributed by atoms with Gasteiger partial charge in [-0.3, -0.25) is 4.79 Å². The molecule has 2 rings (SSSR count). The molecule has 1 aromatic rings. The van der Waals surface area contributed by atoms with Crippen molar-refractivity contribution >= 4 is 31.9 Å². The van der Waals surface area contributed by atoms with Crippen LogP contribution in [-0.4, -0.2) is 37.5 Å². The Balaban J connectivity index is 2.25. The first-order valence-corrected chi connectivity index (χ1v) is 9.23. The third-order valence-electron chi connectivity index (χ3n) is 3.64. The number of nitrogens with one attached hydrogen (secondary N) is 1. The summed E-state index contributed by atoms with van der Waals surface area (Å²) in [6, 6.07) is 6.14. The predicted molar refractivity (Wildman–Crippen MR) is 85.0 cm³/mol. The Bertz CT molecular complexity index is 648. The van der Waals surface area contributed by atoms with Gasteiger partial charge in [0.05, 0.1) is 18.6 Å². The SMILES string of the molecule is CC1OCCC1S(=O)(=O)NC(CC(=O)O)c1cccc(Br)c1. The second-order valence-corrected chi connectivity index (χ2v) is 8.12. The predicted octanol–water partition coefficient (Wildman–Crippen LogP) is 2.06. The van der Waals surface area contributed by atoms with Gasteiger partial charge in [-0.1, -0.05) is 28.1 Å². The smallest absolute Gasteiger partial charge is 0.305 e. The molecule has 6 nitrogen and oxygen atoms in total. The van der Waals surface area contributed by atoms with Gasteiger partial charge in [0.2, 0.25) is 10.0 Å². The summed E-state index contributed by atoms with van der Waals surface area (Å²) in [5.74, 6) is -1.07. The molecule has 22 heavy (non-hydrogen) atoms. The highest BCUT2D eigenvalue weighted by molar-refractivity contribution is 9.10. The molecule has 3 unspecified atom stereocenters. The molecule has 1 saturated heterocycles. The van der Waals surface area contributed by atoms with Gasteiger partial charge in [-0.15, -0.1) is 0 Å². The van der Waals surface area contributed by atoms with Crippen LogP contribution in [0.2, 0.25) is 0 Å². The zero-order valence-electron chi connectivity index (χ0n) is 12.0. The maximum atomic E-state index is 12.5. The van der Waals surface area contributed by atoms with Gasteiger partial charge < -0.3 is 9.84 Å². The largest absolute Gasteiger partial charge is 0.481 e. The lowest BCUT2D eigenvalue weighted by molar-refractivity contribution is -0.137. The number of rotatable bonds is 6. The van der Waals surface area contributed by atoms with Crippen molar-refractivity contribution in [2.24, 2.45) is 0 Å². The quantitative estimate of drug-likeness (QED) is 0.773. The first-order chi connectivity index (χ1) is 10.3. The maximum absolute atomic E-state index is 12.5. The fourth-order valence-electron chi connectivity index (χ4n) is 2.53. The van der Waals surface area contributed by atoms with Crippen LogP contribution in [-0.2, 0) is 19.6 Å². The van der Waals surface area contributed by atoms with Crippen LogP contribution in [0.1, 0.15) is 31.4 Å². The Hall–Kier alpha value is -0.960. The minimum absolute atomic E-state index is 0.322. The van der Waals surface area contributed by atoms with E-state index >= 15 is 0 Å². The molecule has 3 atom stereocenters. The number of ether oxygens (including phenoxy) is 1. The average Bonchev–Trinajstić information content (AvgIpc) is 2.84. The molecule has 0 aliphatic carbocycles. The second kappa shape index (κ2) is 7.08. The monoisotopic (exact) mass is 391 g/mol. The molecule has 1 heterocycles. The van der Waals surface area contributed by atoms with E-state index in [2.05, 4.69) is 20.7 Å². The van der Waals surface area contributed by atoms with Crippen molar-refractivity contribution < 1.29 is 23.1 Å². The number of halogens is 1. The van der Waals surface area contributed by atoms with E-state index in [-0.39, 0.29) is 6.42 Å². The van der Waals surface area contributed by atoms with Crippen molar-refractivity contribution in [3.8, 4) is 0 Å². The molecule has 0 bridgehead atoms. The molecule has 8 heteroatoms. The Kier molecular flexibility index (Phi) is 5.60. The Morgan fingerprint density at radius 2 is 2.27 bits per heavy atom. The second-order valence-electron chi connectivity index (χ2n) is 5.27. The summed E-state index contributed by atoms with van der Waals surface area (Å²) in [5, 5.41) is 8.40. The number of aliphatic carboxylic acids is 1. The number of hydrogen-bond donors (Lipinski definition) is 2. The van der Waals surface area contributed by atoms with Gasteiger partial charge in [-0.05, 0) is 31.0 Å². The van der Waals surface area contributed by atoms with E-state index in [0.29, 0.717) is 18.6 Å². The minimum atomic E-state index is -3.67. The molecule has 0 radical (unpaired) electrons. The van der Waals surface area contributed by atoms with Gasteiger partial charge in [0.1, 0.15) is 5.25 Å². The lowest BCUT2D eigenvalue weighted by atomic mass is 10.1. The molecular formula is C14H18BrNO5S. The topological polar surface area (TPSA) is 92.7 Å². The maximum Gasteiger partial charge on any atom is 0.305 e. The standard InChI is InChI=1S/C14H18BrNO5S/c1-9-13(5-6-21-9)22(19,20)16-12(8-14(17)18)10-3-2-4-11(15)7-10/h2-4,7,9,12-13,16H,5-6,8H2,1H3,(H,17,18). The van der Waals surface area contributed by atoms with Gasteiger partial charge in [0.25, 0.3) is 0 Å². The molecular weight excluding hydrogens is 374 g/mol. The number of sulfonamides is 1. The average molecular weight is 392 g/mol. The van der Waals surface area contributed by atoms with Gasteiger partial charge in [-0.25, -0.2) is 13.1 Å². The van der Waals surface area contributed by atoms with Crippen LogP contribution in [0.5, 0.6) is 0 Å². The summed E-state index contributed by atoms with van der Waals surface area (Å²) in [4.78, 5) is 11.1. The molecule has 1 fully saturated rings. The number of carbonyl (C=O) groups is 1. The fraction of sp³-hybridized carbons (Fsp3) is 0.500. The molecule has 1 aromatic carbocycles. The molecule has 0 saturated carbocycles. The van der Waals surface area contributed by atoms with Crippen LogP contribution in [0.3, 0.4) is 0 Å². The summed E-state index contributed by atoms with van der Waals surface area (Å²) in [5.41, 5.74) is 0.604. The molecule has 122 valence electrons. The Morgan fingerprint density at radius 3 is 2.82 bits per heavy atom. The first-order valence-electron chi connectivity index (χ1n) is 6.89. The van der Waals surface area contributed by atoms with E-state index in [1.807, 2.05) is 0 Å². The molecule has 1 aliphatic heterocycles. The first kappa shape index (κ1) is 17.4. The summed E-state index contributed by atoms with van der Waals surface area (Å²) in [6.07, 6.45) is -0.308. The molecule has 1 aliphatic rings. The van der Waals surface area contributed by atoms with E-state index in [0.717, 1.165) is 4.47 Å². The van der Waals surface area contributed by atoms with Crippen molar-refractivity contribution in [1.29, 1.82) is 0 Å². The van der Waals surface area contributed by atoms with Crippen molar-refractivity contribution in [3.05, 3.63) is 34.3 Å². The highest BCUT2D eigenvalue weighted by atomic mass is 79.9. The molecule has 0 spiro atoms. The van der Waals surface area contributed by atoms with Gasteiger partial charge in [-0.2, -0.15) is 0 Å². The summed E-state index contributed by atoms with van der Waals surface area (Å²) in [7, 11) is -3.67. The van der Waals surface area contributed by atoms with Gasteiger partial charge in [0.15, 0.2) is 0 Å². The third-order valence-corrected chi connectivity index (χ3v) is 6.16. The van der Waals surface area contributed by atoms with Crippen LogP contribution in [0.4, 0.5) is 0 Å². The molecule has 0 aromatic heterocycles. The summed E-state index contributed by atoms with van der Waals surface area (Å²) < 4.78 is 33.6. The van der Waals surface area contributed by atoms with Crippen molar-refractivity contribution in [1.82, 2.24) is 4.72 Å². The molecule has 2 N–H and O–H groups in total. The molecule has 0 amide bonds. The number of hydrogen-bond acceptors (Lipinski definition) is 4. The zero-order valence-corrected chi connectivity index (χ0v) is 14.4. The van der Waals surface area contributed by atoms with Crippen LogP contribution in [0.25, 0.3) is 0 Å². The van der Waals surface area contributed by atoms with Crippen LogP contribution >= 0.6 is 15.9 Å². The van der Waals surface area contributed by atoms with Crippen molar-refractivity contribution in [2.75, 3.05) is 6.61 Å². The van der Waals surface area contributed by atoms with Crippen molar-refractivity contribution in [3.63, 3.8) is 0 Å². The van der Waals surface area contributed by atoms with E-state index in [1.165, 1.54) is 0 Å². The van der Waals surface area contributed by atoms with Crippen LogP contribution in [0, 0.1) is 0 Å². The lowest BCUT2D eigenvalue weighted by Crippen LogP contribution is -2.40. The highest BCUT2D eigenvalue weighted by Gasteiger charge is 2.37. The summed E-state index contributed by atoms with van der Waals surface area (Å²) in [6.45, 7) is 2.11. The Labute approximate surface area is 138 Å². The summed E-state index contributed by atoms with van der Waals surface area (Å²) >= 11 is 3.31. The number of carboxylic acid groups (broad SMARTS) is 1. The van der Waals surface area contributed by atoms with E-state index in [1.54, 1.807) is 31.2 Å².